The van der Waals surface area contributed by atoms with Gasteiger partial charge < -0.3 is 25.0 Å². The van der Waals surface area contributed by atoms with Crippen molar-refractivity contribution >= 4 is 18.3 Å². The van der Waals surface area contributed by atoms with Gasteiger partial charge >= 0.3 is 0 Å². The topological polar surface area (TPSA) is 113 Å². The van der Waals surface area contributed by atoms with Crippen LogP contribution in [0.3, 0.4) is 0 Å². The van der Waals surface area contributed by atoms with E-state index in [1.807, 2.05) is 24.3 Å². The van der Waals surface area contributed by atoms with Gasteiger partial charge in [-0.1, -0.05) is 17.3 Å². The van der Waals surface area contributed by atoms with Crippen LogP contribution in [0.15, 0.2) is 28.8 Å². The number of ether oxygens (including phenoxy) is 2. The van der Waals surface area contributed by atoms with Crippen LogP contribution in [0, 0.1) is 0 Å². The first-order chi connectivity index (χ1) is 11.6. The number of carbonyl (C=O) groups excluding carboxylic acids is 1. The molecule has 1 heterocycles. The number of aromatic nitrogens is 2. The maximum Gasteiger partial charge on any atom is 0.249 e. The molecular formula is C16H23ClN4O4. The van der Waals surface area contributed by atoms with Crippen molar-refractivity contribution in [2.75, 3.05) is 20.8 Å². The summed E-state index contributed by atoms with van der Waals surface area (Å²) in [5.41, 5.74) is 6.28. The van der Waals surface area contributed by atoms with E-state index in [-0.39, 0.29) is 37.4 Å². The highest BCUT2D eigenvalue weighted by Crippen LogP contribution is 2.22. The number of nitrogens with two attached hydrogens (primary N) is 1. The number of hydrogen-bond acceptors (Lipinski definition) is 7. The van der Waals surface area contributed by atoms with Crippen molar-refractivity contribution in [3.63, 3.8) is 0 Å². The predicted molar refractivity (Wildman–Crippen MR) is 94.6 cm³/mol. The highest BCUT2D eigenvalue weighted by atomic mass is 35.5. The van der Waals surface area contributed by atoms with Crippen LogP contribution in [0.4, 0.5) is 0 Å². The fraction of sp³-hybridized carbons (Fsp3) is 0.438. The van der Waals surface area contributed by atoms with Crippen LogP contribution in [0.25, 0.3) is 11.4 Å². The van der Waals surface area contributed by atoms with Crippen LogP contribution < -0.4 is 15.8 Å². The van der Waals surface area contributed by atoms with Gasteiger partial charge in [0.2, 0.25) is 17.6 Å². The largest absolute Gasteiger partial charge is 0.497 e. The number of amides is 1. The molecule has 2 aromatic rings. The van der Waals surface area contributed by atoms with E-state index in [1.165, 1.54) is 7.11 Å². The van der Waals surface area contributed by atoms with E-state index in [2.05, 4.69) is 15.5 Å². The normalized spacial score (nSPS) is 12.8. The molecule has 8 nitrogen and oxygen atoms in total. The molecule has 0 aliphatic rings. The summed E-state index contributed by atoms with van der Waals surface area (Å²) >= 11 is 0. The molecule has 138 valence electrons. The first-order valence-electron chi connectivity index (χ1n) is 7.57. The Balaban J connectivity index is 0.00000312. The van der Waals surface area contributed by atoms with Gasteiger partial charge in [0.1, 0.15) is 11.8 Å². The lowest BCUT2D eigenvalue weighted by atomic mass is 10.2. The zero-order chi connectivity index (χ0) is 17.5. The van der Waals surface area contributed by atoms with E-state index >= 15 is 0 Å². The predicted octanol–water partition coefficient (Wildman–Crippen LogP) is 1.71. The maximum atomic E-state index is 12.0. The van der Waals surface area contributed by atoms with Crippen LogP contribution in [0.5, 0.6) is 5.75 Å². The Morgan fingerprint density at radius 1 is 1.40 bits per heavy atom. The zero-order valence-corrected chi connectivity index (χ0v) is 15.2. The Labute approximate surface area is 152 Å². The highest BCUT2D eigenvalue weighted by Gasteiger charge is 2.19. The van der Waals surface area contributed by atoms with E-state index in [4.69, 9.17) is 19.7 Å². The van der Waals surface area contributed by atoms with Crippen molar-refractivity contribution in [1.82, 2.24) is 15.5 Å². The average Bonchev–Trinajstić information content (AvgIpc) is 3.10. The first-order valence-corrected chi connectivity index (χ1v) is 7.57. The minimum Gasteiger partial charge on any atom is -0.497 e. The first kappa shape index (κ1) is 20.9. The molecule has 1 aromatic carbocycles. The van der Waals surface area contributed by atoms with Gasteiger partial charge in [0.25, 0.3) is 0 Å². The molecular weight excluding hydrogens is 348 g/mol. The second-order valence-electron chi connectivity index (χ2n) is 5.27. The van der Waals surface area contributed by atoms with Gasteiger partial charge in [-0.2, -0.15) is 4.98 Å². The quantitative estimate of drug-likeness (QED) is 0.727. The summed E-state index contributed by atoms with van der Waals surface area (Å²) in [6.07, 6.45) is -0.138. The maximum absolute atomic E-state index is 12.0. The molecule has 2 atom stereocenters. The van der Waals surface area contributed by atoms with Gasteiger partial charge in [-0.15, -0.1) is 12.4 Å². The number of nitrogens with zero attached hydrogens (tertiary/aromatic N) is 2. The highest BCUT2D eigenvalue weighted by molar-refractivity contribution is 5.85. The number of benzene rings is 1. The molecule has 0 aliphatic heterocycles. The molecule has 0 saturated carbocycles. The van der Waals surface area contributed by atoms with Crippen molar-refractivity contribution in [3.05, 3.63) is 30.2 Å². The Hall–Kier alpha value is -2.16. The third-order valence-corrected chi connectivity index (χ3v) is 3.53. The van der Waals surface area contributed by atoms with Gasteiger partial charge in [0, 0.05) is 19.2 Å². The fourth-order valence-electron chi connectivity index (χ4n) is 2.12. The summed E-state index contributed by atoms with van der Waals surface area (Å²) in [4.78, 5) is 16.3. The van der Waals surface area contributed by atoms with Gasteiger partial charge in [0.15, 0.2) is 0 Å². The van der Waals surface area contributed by atoms with E-state index in [9.17, 15) is 4.79 Å². The number of nitrogens with one attached hydrogen (secondary N) is 1. The monoisotopic (exact) mass is 370 g/mol. The van der Waals surface area contributed by atoms with Crippen molar-refractivity contribution in [2.45, 2.75) is 25.5 Å². The van der Waals surface area contributed by atoms with Crippen molar-refractivity contribution in [3.8, 4) is 17.1 Å². The molecule has 1 aromatic heterocycles. The molecule has 0 saturated heterocycles. The van der Waals surface area contributed by atoms with Crippen molar-refractivity contribution < 1.29 is 18.8 Å². The second kappa shape index (κ2) is 9.97. The van der Waals surface area contributed by atoms with Crippen LogP contribution in [0.1, 0.15) is 25.3 Å². The van der Waals surface area contributed by atoms with Crippen LogP contribution in [-0.4, -0.2) is 42.9 Å². The summed E-state index contributed by atoms with van der Waals surface area (Å²) in [5, 5.41) is 6.73. The Morgan fingerprint density at radius 3 is 2.80 bits per heavy atom. The molecule has 1 amide bonds. The minimum atomic E-state index is -0.417. The molecule has 9 heteroatoms. The average molecular weight is 371 g/mol. The van der Waals surface area contributed by atoms with E-state index in [0.29, 0.717) is 17.5 Å². The SMILES string of the molecule is COc1cccc(-c2noc(C(C)NC(=O)CC(CN)OC)n2)c1.Cl. The number of carbonyl (C=O) groups is 1. The lowest BCUT2D eigenvalue weighted by molar-refractivity contribution is -0.124. The molecule has 0 aliphatic carbocycles. The minimum absolute atomic E-state index is 0. The summed E-state index contributed by atoms with van der Waals surface area (Å²) in [7, 11) is 3.11. The summed E-state index contributed by atoms with van der Waals surface area (Å²) in [6, 6.07) is 6.91. The van der Waals surface area contributed by atoms with Gasteiger partial charge in [0.05, 0.1) is 19.6 Å². The zero-order valence-electron chi connectivity index (χ0n) is 14.4. The molecule has 25 heavy (non-hydrogen) atoms. The lowest BCUT2D eigenvalue weighted by Crippen LogP contribution is -2.33. The summed E-state index contributed by atoms with van der Waals surface area (Å²) in [5.74, 6) is 1.26. The summed E-state index contributed by atoms with van der Waals surface area (Å²) in [6.45, 7) is 2.05. The molecule has 0 fully saturated rings. The fourth-order valence-corrected chi connectivity index (χ4v) is 2.12. The third kappa shape index (κ3) is 5.70. The van der Waals surface area contributed by atoms with Gasteiger partial charge in [-0.25, -0.2) is 0 Å². The Bertz CT molecular complexity index is 676. The number of hydrogen-bond donors (Lipinski definition) is 2. The van der Waals surface area contributed by atoms with E-state index < -0.39 is 6.04 Å². The second-order valence-corrected chi connectivity index (χ2v) is 5.27. The van der Waals surface area contributed by atoms with Crippen LogP contribution in [-0.2, 0) is 9.53 Å². The molecule has 2 unspecified atom stereocenters. The molecule has 0 spiro atoms. The van der Waals surface area contributed by atoms with E-state index in [0.717, 1.165) is 5.56 Å². The van der Waals surface area contributed by atoms with Crippen molar-refractivity contribution in [1.29, 1.82) is 0 Å². The van der Waals surface area contributed by atoms with Crippen LogP contribution >= 0.6 is 12.4 Å². The number of methoxy groups -OCH3 is 2. The standard InChI is InChI=1S/C16H22N4O4.ClH/c1-10(18-14(21)8-13(9-17)23-3)16-19-15(20-24-16)11-5-4-6-12(7-11)22-2;/h4-7,10,13H,8-9,17H2,1-3H3,(H,18,21);1H. The van der Waals surface area contributed by atoms with Gasteiger partial charge in [-0.3, -0.25) is 4.79 Å². The molecule has 0 radical (unpaired) electrons. The molecule has 0 bridgehead atoms. The number of halogens is 1. The number of rotatable bonds is 8. The van der Waals surface area contributed by atoms with Crippen LogP contribution in [0.2, 0.25) is 0 Å². The Morgan fingerprint density at radius 2 is 2.16 bits per heavy atom. The molecule has 3 N–H and O–H groups in total. The van der Waals surface area contributed by atoms with Crippen molar-refractivity contribution in [2.24, 2.45) is 5.73 Å². The van der Waals surface area contributed by atoms with E-state index in [1.54, 1.807) is 14.0 Å². The molecule has 2 rings (SSSR count). The lowest BCUT2D eigenvalue weighted by Gasteiger charge is -2.14. The summed E-state index contributed by atoms with van der Waals surface area (Å²) < 4.78 is 15.5. The Kier molecular flexibility index (Phi) is 8.33. The third-order valence-electron chi connectivity index (χ3n) is 3.53. The van der Waals surface area contributed by atoms with Gasteiger partial charge in [-0.05, 0) is 19.1 Å². The smallest absolute Gasteiger partial charge is 0.249 e.